The fraction of sp³-hybridized carbons (Fsp3) is 0.600. The Hall–Kier alpha value is -1.26. The number of hydrogen-bond acceptors (Lipinski definition) is 4. The highest BCUT2D eigenvalue weighted by Crippen LogP contribution is 2.34. The van der Waals surface area contributed by atoms with Gasteiger partial charge in [-0.2, -0.15) is 0 Å². The van der Waals surface area contributed by atoms with Crippen molar-refractivity contribution in [2.75, 3.05) is 19.8 Å². The van der Waals surface area contributed by atoms with Crippen molar-refractivity contribution in [2.24, 2.45) is 0 Å². The van der Waals surface area contributed by atoms with Gasteiger partial charge in [0.05, 0.1) is 12.1 Å². The molecule has 1 aromatic rings. The van der Waals surface area contributed by atoms with E-state index in [0.717, 1.165) is 23.5 Å². The highest BCUT2D eigenvalue weighted by atomic mass is 16.6. The highest BCUT2D eigenvalue weighted by Gasteiger charge is 2.28. The van der Waals surface area contributed by atoms with Crippen molar-refractivity contribution in [3.63, 3.8) is 0 Å². The minimum absolute atomic E-state index is 0.0387. The standard InChI is InChI=1S/C15H23NO3/c1-4-11(2)16-15(3,10-17)12-5-6-13-14(9-12)19-8-7-18-13/h5-6,9,11,16-17H,4,7-8,10H2,1-3H3. The third-order valence-electron chi connectivity index (χ3n) is 3.67. The van der Waals surface area contributed by atoms with Gasteiger partial charge in [0.25, 0.3) is 0 Å². The zero-order chi connectivity index (χ0) is 13.9. The van der Waals surface area contributed by atoms with Crippen LogP contribution < -0.4 is 14.8 Å². The molecule has 1 heterocycles. The monoisotopic (exact) mass is 265 g/mol. The first-order valence-corrected chi connectivity index (χ1v) is 6.87. The Labute approximate surface area is 114 Å². The second-order valence-corrected chi connectivity index (χ2v) is 5.30. The van der Waals surface area contributed by atoms with E-state index in [1.165, 1.54) is 0 Å². The smallest absolute Gasteiger partial charge is 0.161 e. The molecule has 2 unspecified atom stereocenters. The van der Waals surface area contributed by atoms with Gasteiger partial charge in [-0.25, -0.2) is 0 Å². The summed E-state index contributed by atoms with van der Waals surface area (Å²) in [6, 6.07) is 6.19. The Morgan fingerprint density at radius 1 is 1.32 bits per heavy atom. The topological polar surface area (TPSA) is 50.7 Å². The summed E-state index contributed by atoms with van der Waals surface area (Å²) in [5, 5.41) is 13.2. The second kappa shape index (κ2) is 5.80. The maximum atomic E-state index is 9.75. The molecule has 0 radical (unpaired) electrons. The van der Waals surface area contributed by atoms with Crippen molar-refractivity contribution >= 4 is 0 Å². The molecule has 4 heteroatoms. The van der Waals surface area contributed by atoms with E-state index in [4.69, 9.17) is 9.47 Å². The van der Waals surface area contributed by atoms with Crippen LogP contribution in [0.5, 0.6) is 11.5 Å². The third-order valence-corrected chi connectivity index (χ3v) is 3.67. The van der Waals surface area contributed by atoms with Crippen molar-refractivity contribution in [2.45, 2.75) is 38.8 Å². The molecule has 1 aromatic carbocycles. The predicted molar refractivity (Wildman–Crippen MR) is 74.8 cm³/mol. The minimum atomic E-state index is -0.467. The molecule has 1 aliphatic rings. The number of hydrogen-bond donors (Lipinski definition) is 2. The lowest BCUT2D eigenvalue weighted by Crippen LogP contribution is -2.47. The van der Waals surface area contributed by atoms with E-state index < -0.39 is 5.54 Å². The molecule has 4 nitrogen and oxygen atoms in total. The maximum absolute atomic E-state index is 9.75. The minimum Gasteiger partial charge on any atom is -0.486 e. The summed E-state index contributed by atoms with van der Waals surface area (Å²) >= 11 is 0. The molecule has 19 heavy (non-hydrogen) atoms. The number of ether oxygens (including phenoxy) is 2. The molecule has 0 aromatic heterocycles. The average molecular weight is 265 g/mol. The van der Waals surface area contributed by atoms with E-state index >= 15 is 0 Å². The van der Waals surface area contributed by atoms with Gasteiger partial charge in [0, 0.05) is 6.04 Å². The molecule has 106 valence electrons. The fourth-order valence-electron chi connectivity index (χ4n) is 2.25. The summed E-state index contributed by atoms with van der Waals surface area (Å²) in [7, 11) is 0. The Morgan fingerprint density at radius 2 is 2.00 bits per heavy atom. The molecule has 0 saturated heterocycles. The lowest BCUT2D eigenvalue weighted by molar-refractivity contribution is 0.157. The van der Waals surface area contributed by atoms with Crippen LogP contribution in [0.4, 0.5) is 0 Å². The molecule has 1 aliphatic heterocycles. The van der Waals surface area contributed by atoms with E-state index in [0.29, 0.717) is 19.3 Å². The fourth-order valence-corrected chi connectivity index (χ4v) is 2.25. The van der Waals surface area contributed by atoms with Gasteiger partial charge in [-0.15, -0.1) is 0 Å². The second-order valence-electron chi connectivity index (χ2n) is 5.30. The van der Waals surface area contributed by atoms with Gasteiger partial charge in [-0.05, 0) is 38.0 Å². The van der Waals surface area contributed by atoms with Crippen molar-refractivity contribution in [1.82, 2.24) is 5.32 Å². The van der Waals surface area contributed by atoms with Gasteiger partial charge in [0.1, 0.15) is 13.2 Å². The lowest BCUT2D eigenvalue weighted by Gasteiger charge is -2.33. The number of rotatable bonds is 5. The van der Waals surface area contributed by atoms with Crippen LogP contribution in [-0.2, 0) is 5.54 Å². The van der Waals surface area contributed by atoms with Crippen LogP contribution in [0.1, 0.15) is 32.8 Å². The van der Waals surface area contributed by atoms with Crippen LogP contribution in [0.2, 0.25) is 0 Å². The van der Waals surface area contributed by atoms with Crippen molar-refractivity contribution in [3.05, 3.63) is 23.8 Å². The largest absolute Gasteiger partial charge is 0.486 e. The molecular formula is C15H23NO3. The zero-order valence-electron chi connectivity index (χ0n) is 11.9. The van der Waals surface area contributed by atoms with E-state index in [-0.39, 0.29) is 6.61 Å². The van der Waals surface area contributed by atoms with E-state index in [2.05, 4.69) is 19.2 Å². The summed E-state index contributed by atoms with van der Waals surface area (Å²) in [4.78, 5) is 0. The Kier molecular flexibility index (Phi) is 4.32. The number of aliphatic hydroxyl groups is 1. The SMILES string of the molecule is CCC(C)NC(C)(CO)c1ccc2c(c1)OCCO2. The highest BCUT2D eigenvalue weighted by molar-refractivity contribution is 5.45. The molecular weight excluding hydrogens is 242 g/mol. The summed E-state index contributed by atoms with van der Waals surface area (Å²) in [5.74, 6) is 1.54. The zero-order valence-corrected chi connectivity index (χ0v) is 11.9. The quantitative estimate of drug-likeness (QED) is 0.855. The number of benzene rings is 1. The number of nitrogens with one attached hydrogen (secondary N) is 1. The Morgan fingerprint density at radius 3 is 2.63 bits per heavy atom. The molecule has 0 aliphatic carbocycles. The first kappa shape index (κ1) is 14.2. The Balaban J connectivity index is 2.27. The van der Waals surface area contributed by atoms with Crippen molar-refractivity contribution in [1.29, 1.82) is 0 Å². The summed E-state index contributed by atoms with van der Waals surface area (Å²) < 4.78 is 11.1. The summed E-state index contributed by atoms with van der Waals surface area (Å²) in [5.41, 5.74) is 0.546. The van der Waals surface area contributed by atoms with Crippen LogP contribution >= 0.6 is 0 Å². The van der Waals surface area contributed by atoms with Crippen LogP contribution in [0.25, 0.3) is 0 Å². The van der Waals surface area contributed by atoms with Crippen molar-refractivity contribution in [3.8, 4) is 11.5 Å². The van der Waals surface area contributed by atoms with Gasteiger partial charge in [0.15, 0.2) is 11.5 Å². The molecule has 0 amide bonds. The van der Waals surface area contributed by atoms with Crippen LogP contribution in [0.15, 0.2) is 18.2 Å². The van der Waals surface area contributed by atoms with Gasteiger partial charge in [0.2, 0.25) is 0 Å². The van der Waals surface area contributed by atoms with Gasteiger partial charge < -0.3 is 19.9 Å². The number of fused-ring (bicyclic) bond motifs is 1. The van der Waals surface area contributed by atoms with Gasteiger partial charge >= 0.3 is 0 Å². The van der Waals surface area contributed by atoms with Gasteiger partial charge in [-0.3, -0.25) is 0 Å². The van der Waals surface area contributed by atoms with Crippen LogP contribution in [0.3, 0.4) is 0 Å². The first-order chi connectivity index (χ1) is 9.09. The first-order valence-electron chi connectivity index (χ1n) is 6.87. The lowest BCUT2D eigenvalue weighted by atomic mass is 9.91. The van der Waals surface area contributed by atoms with Crippen LogP contribution in [-0.4, -0.2) is 31.0 Å². The third kappa shape index (κ3) is 3.01. The maximum Gasteiger partial charge on any atom is 0.161 e. The molecule has 0 spiro atoms. The summed E-state index contributed by atoms with van der Waals surface area (Å²) in [6.07, 6.45) is 1.01. The van der Waals surface area contributed by atoms with Crippen LogP contribution in [0, 0.1) is 0 Å². The van der Waals surface area contributed by atoms with Crippen molar-refractivity contribution < 1.29 is 14.6 Å². The molecule has 2 N–H and O–H groups in total. The Bertz CT molecular complexity index is 435. The van der Waals surface area contributed by atoms with Gasteiger partial charge in [-0.1, -0.05) is 13.0 Å². The molecule has 0 fully saturated rings. The molecule has 2 rings (SSSR count). The molecule has 0 saturated carbocycles. The predicted octanol–water partition coefficient (Wildman–Crippen LogP) is 2.05. The van der Waals surface area contributed by atoms with E-state index in [9.17, 15) is 5.11 Å². The molecule has 2 atom stereocenters. The van der Waals surface area contributed by atoms with E-state index in [1.54, 1.807) is 0 Å². The number of aliphatic hydroxyl groups excluding tert-OH is 1. The van der Waals surface area contributed by atoms with E-state index in [1.807, 2.05) is 25.1 Å². The molecule has 0 bridgehead atoms. The summed E-state index contributed by atoms with van der Waals surface area (Å²) in [6.45, 7) is 7.45. The average Bonchev–Trinajstić information content (AvgIpc) is 2.46. The normalized spacial score (nSPS) is 18.7.